The van der Waals surface area contributed by atoms with Crippen molar-refractivity contribution in [3.63, 3.8) is 0 Å². The Bertz CT molecular complexity index is 1160. The van der Waals surface area contributed by atoms with Gasteiger partial charge in [0.2, 0.25) is 0 Å². The van der Waals surface area contributed by atoms with Crippen molar-refractivity contribution in [3.05, 3.63) is 96.7 Å². The lowest BCUT2D eigenvalue weighted by molar-refractivity contribution is 0.559. The van der Waals surface area contributed by atoms with Gasteiger partial charge in [0, 0.05) is 56.4 Å². The first kappa shape index (κ1) is 46.7. The number of hydrogen-bond acceptors (Lipinski definition) is 4. The third kappa shape index (κ3) is 16.3. The summed E-state index contributed by atoms with van der Waals surface area (Å²) in [6.45, 7) is 30.3. The Morgan fingerprint density at radius 1 is 0.512 bits per heavy atom. The van der Waals surface area contributed by atoms with E-state index in [1.165, 1.54) is 4.68 Å². The SMILES string of the molecule is C.CC.CC.CC.Cn1cccc(C(C)(C)C)c1=O.Cn1cccc(C(C)(C)C)c1=O.Cn1nccc(C(C)(C)C)c1=O. The van der Waals surface area contributed by atoms with Gasteiger partial charge in [-0.2, -0.15) is 5.10 Å². The van der Waals surface area contributed by atoms with Crippen LogP contribution in [0.2, 0.25) is 0 Å². The van der Waals surface area contributed by atoms with Crippen LogP contribution < -0.4 is 16.7 Å². The number of aromatic nitrogens is 4. The van der Waals surface area contributed by atoms with Crippen molar-refractivity contribution in [1.82, 2.24) is 18.9 Å². The maximum absolute atomic E-state index is 11.6. The van der Waals surface area contributed by atoms with Crippen molar-refractivity contribution < 1.29 is 0 Å². The third-order valence-electron chi connectivity index (χ3n) is 5.68. The highest BCUT2D eigenvalue weighted by Crippen LogP contribution is 2.18. The zero-order valence-electron chi connectivity index (χ0n) is 30.1. The summed E-state index contributed by atoms with van der Waals surface area (Å²) in [7, 11) is 5.22. The van der Waals surface area contributed by atoms with Crippen LogP contribution in [0.15, 0.2) is 63.3 Å². The third-order valence-corrected chi connectivity index (χ3v) is 5.68. The minimum Gasteiger partial charge on any atom is -0.318 e. The molecule has 43 heavy (non-hydrogen) atoms. The molecule has 0 unspecified atom stereocenters. The summed E-state index contributed by atoms with van der Waals surface area (Å²) >= 11 is 0. The molecule has 0 aliphatic heterocycles. The first-order valence-electron chi connectivity index (χ1n) is 15.1. The molecule has 3 heterocycles. The number of aryl methyl sites for hydroxylation is 3. The molecular formula is C36H66N4O3. The average molecular weight is 603 g/mol. The first-order valence-corrected chi connectivity index (χ1v) is 15.1. The first-order chi connectivity index (χ1) is 19.3. The van der Waals surface area contributed by atoms with Crippen molar-refractivity contribution >= 4 is 0 Å². The summed E-state index contributed by atoms with van der Waals surface area (Å²) < 4.78 is 4.59. The van der Waals surface area contributed by atoms with Gasteiger partial charge in [-0.3, -0.25) is 14.4 Å². The van der Waals surface area contributed by atoms with Crippen molar-refractivity contribution in [1.29, 1.82) is 0 Å². The van der Waals surface area contributed by atoms with E-state index in [1.54, 1.807) is 54.9 Å². The second kappa shape index (κ2) is 21.5. The smallest absolute Gasteiger partial charge is 0.270 e. The molecule has 0 bridgehead atoms. The van der Waals surface area contributed by atoms with Gasteiger partial charge in [0.25, 0.3) is 16.7 Å². The Kier molecular flexibility index (Phi) is 23.3. The molecule has 3 aromatic rings. The van der Waals surface area contributed by atoms with Gasteiger partial charge in [-0.1, -0.05) is 123 Å². The second-order valence-electron chi connectivity index (χ2n) is 12.1. The Balaban J connectivity index is -0.000000241. The molecule has 0 amide bonds. The van der Waals surface area contributed by atoms with E-state index in [9.17, 15) is 14.4 Å². The van der Waals surface area contributed by atoms with Gasteiger partial charge in [0.15, 0.2) is 0 Å². The maximum Gasteiger partial charge on any atom is 0.270 e. The van der Waals surface area contributed by atoms with Crippen LogP contribution in [0.3, 0.4) is 0 Å². The maximum atomic E-state index is 11.6. The van der Waals surface area contributed by atoms with Crippen LogP contribution in [0.1, 0.15) is 128 Å². The van der Waals surface area contributed by atoms with Crippen LogP contribution in [-0.2, 0) is 37.4 Å². The van der Waals surface area contributed by atoms with Gasteiger partial charge >= 0.3 is 0 Å². The zero-order chi connectivity index (χ0) is 34.1. The monoisotopic (exact) mass is 603 g/mol. The van der Waals surface area contributed by atoms with Crippen molar-refractivity contribution in [2.45, 2.75) is 128 Å². The molecule has 0 saturated heterocycles. The lowest BCUT2D eigenvalue weighted by Gasteiger charge is -2.18. The molecule has 3 rings (SSSR count). The average Bonchev–Trinajstić information content (AvgIpc) is 2.91. The highest BCUT2D eigenvalue weighted by atomic mass is 16.1. The van der Waals surface area contributed by atoms with Gasteiger partial charge in [-0.15, -0.1) is 0 Å². The normalized spacial score (nSPS) is 10.2. The fraction of sp³-hybridized carbons (Fsp3) is 0.611. The van der Waals surface area contributed by atoms with Crippen LogP contribution >= 0.6 is 0 Å². The molecule has 7 heteroatoms. The Hall–Kier alpha value is -3.22. The zero-order valence-corrected chi connectivity index (χ0v) is 30.1. The fourth-order valence-corrected chi connectivity index (χ4v) is 3.41. The number of pyridine rings is 2. The van der Waals surface area contributed by atoms with Crippen molar-refractivity contribution in [2.24, 2.45) is 21.1 Å². The summed E-state index contributed by atoms with van der Waals surface area (Å²) in [6, 6.07) is 9.37. The van der Waals surface area contributed by atoms with Crippen LogP contribution in [-0.4, -0.2) is 18.9 Å². The van der Waals surface area contributed by atoms with E-state index in [2.05, 4.69) is 5.10 Å². The number of hydrogen-bond donors (Lipinski definition) is 0. The number of nitrogens with zero attached hydrogens (tertiary/aromatic N) is 4. The molecule has 0 radical (unpaired) electrons. The minimum atomic E-state index is -0.0994. The highest BCUT2D eigenvalue weighted by molar-refractivity contribution is 5.20. The molecule has 0 fully saturated rings. The lowest BCUT2D eigenvalue weighted by atomic mass is 9.88. The summed E-state index contributed by atoms with van der Waals surface area (Å²) in [4.78, 5) is 34.7. The molecule has 0 aromatic carbocycles. The molecule has 7 nitrogen and oxygen atoms in total. The van der Waals surface area contributed by atoms with Crippen LogP contribution in [0.25, 0.3) is 0 Å². The van der Waals surface area contributed by atoms with E-state index in [0.29, 0.717) is 0 Å². The van der Waals surface area contributed by atoms with Gasteiger partial charge in [-0.05, 0) is 34.4 Å². The quantitative estimate of drug-likeness (QED) is 0.260. The van der Waals surface area contributed by atoms with Gasteiger partial charge in [0.05, 0.1) is 0 Å². The van der Waals surface area contributed by atoms with Gasteiger partial charge in [0.1, 0.15) is 0 Å². The van der Waals surface area contributed by atoms with E-state index in [1.807, 2.05) is 128 Å². The topological polar surface area (TPSA) is 78.9 Å². The number of rotatable bonds is 0. The summed E-state index contributed by atoms with van der Waals surface area (Å²) in [5.41, 5.74) is 2.52. The molecule has 0 atom stereocenters. The second-order valence-corrected chi connectivity index (χ2v) is 12.1. The molecule has 0 aliphatic rings. The van der Waals surface area contributed by atoms with Crippen LogP contribution in [0.4, 0.5) is 0 Å². The Morgan fingerprint density at radius 2 is 0.791 bits per heavy atom. The molecular weight excluding hydrogens is 536 g/mol. The fourth-order valence-electron chi connectivity index (χ4n) is 3.41. The lowest BCUT2D eigenvalue weighted by Crippen LogP contribution is -2.29. The van der Waals surface area contributed by atoms with E-state index in [0.717, 1.165) is 16.7 Å². The Labute approximate surface area is 264 Å². The summed E-state index contributed by atoms with van der Waals surface area (Å²) in [6.07, 6.45) is 5.21. The predicted molar refractivity (Wildman–Crippen MR) is 190 cm³/mol. The summed E-state index contributed by atoms with van der Waals surface area (Å²) in [5, 5.41) is 3.86. The summed E-state index contributed by atoms with van der Waals surface area (Å²) in [5.74, 6) is 0. The highest BCUT2D eigenvalue weighted by Gasteiger charge is 2.19. The standard InChI is InChI=1S/2C10H15NO.C9H14N2O.3C2H6.CH4/c2*1-10(2,3)8-6-5-7-11(4)9(8)12;1-9(2,3)7-5-6-10-11(4)8(7)12;3*1-2;/h2*5-7H,1-4H3;5-6H,1-4H3;3*1-2H3;1H4. The molecule has 0 aliphatic carbocycles. The Morgan fingerprint density at radius 3 is 1.02 bits per heavy atom. The molecule has 0 spiro atoms. The molecule has 0 N–H and O–H groups in total. The molecule has 0 saturated carbocycles. The van der Waals surface area contributed by atoms with Crippen molar-refractivity contribution in [3.8, 4) is 0 Å². The molecule has 3 aromatic heterocycles. The predicted octanol–water partition coefficient (Wildman–Crippen LogP) is 8.16. The van der Waals surface area contributed by atoms with E-state index < -0.39 is 0 Å². The van der Waals surface area contributed by atoms with E-state index >= 15 is 0 Å². The van der Waals surface area contributed by atoms with E-state index in [4.69, 9.17) is 0 Å². The van der Waals surface area contributed by atoms with Crippen LogP contribution in [0.5, 0.6) is 0 Å². The van der Waals surface area contributed by atoms with Gasteiger partial charge < -0.3 is 9.13 Å². The largest absolute Gasteiger partial charge is 0.318 e. The van der Waals surface area contributed by atoms with Crippen LogP contribution in [0, 0.1) is 0 Å². The van der Waals surface area contributed by atoms with E-state index in [-0.39, 0.29) is 40.3 Å². The van der Waals surface area contributed by atoms with Crippen molar-refractivity contribution in [2.75, 3.05) is 0 Å². The van der Waals surface area contributed by atoms with Gasteiger partial charge in [-0.25, -0.2) is 4.68 Å². The molecule has 248 valence electrons. The minimum absolute atomic E-state index is 0.